The summed E-state index contributed by atoms with van der Waals surface area (Å²) >= 11 is 7.84. The fourth-order valence-electron chi connectivity index (χ4n) is 3.13. The second-order valence-corrected chi connectivity index (χ2v) is 8.62. The van der Waals surface area contributed by atoms with Crippen LogP contribution in [0, 0.1) is 6.92 Å². The Hall–Kier alpha value is -2.31. The highest BCUT2D eigenvalue weighted by molar-refractivity contribution is 7.99. The molecule has 4 aromatic rings. The lowest BCUT2D eigenvalue weighted by atomic mass is 10.3. The number of thioether (sulfide) groups is 1. The molecule has 2 aromatic heterocycles. The van der Waals surface area contributed by atoms with Gasteiger partial charge >= 0.3 is 0 Å². The number of benzene rings is 2. The van der Waals surface area contributed by atoms with Crippen molar-refractivity contribution in [2.45, 2.75) is 44.1 Å². The summed E-state index contributed by atoms with van der Waals surface area (Å²) in [4.78, 5) is 4.67. The van der Waals surface area contributed by atoms with Crippen LogP contribution in [-0.2, 0) is 6.54 Å². The number of fused-ring (bicyclic) bond motifs is 1. The lowest BCUT2D eigenvalue weighted by Crippen LogP contribution is -2.10. The van der Waals surface area contributed by atoms with Gasteiger partial charge in [-0.05, 0) is 49.7 Å². The molecule has 0 radical (unpaired) electrons. The second-order valence-electron chi connectivity index (χ2n) is 6.78. The van der Waals surface area contributed by atoms with Gasteiger partial charge in [0.05, 0.1) is 17.6 Å². The van der Waals surface area contributed by atoms with E-state index in [0.717, 1.165) is 39.9 Å². The van der Waals surface area contributed by atoms with Gasteiger partial charge in [-0.2, -0.15) is 0 Å². The molecule has 0 saturated carbocycles. The van der Waals surface area contributed by atoms with Crippen LogP contribution >= 0.6 is 23.4 Å². The number of hydrogen-bond donors (Lipinski definition) is 0. The molecule has 28 heavy (non-hydrogen) atoms. The minimum absolute atomic E-state index is 0.457. The Balaban J connectivity index is 1.80. The quantitative estimate of drug-likeness (QED) is 0.392. The van der Waals surface area contributed by atoms with Gasteiger partial charge in [-0.15, -0.1) is 10.2 Å². The molecule has 0 aliphatic rings. The molecule has 0 fully saturated rings. The minimum atomic E-state index is 0.457. The normalized spacial score (nSPS) is 12.6. The highest BCUT2D eigenvalue weighted by atomic mass is 35.5. The molecule has 2 heterocycles. The monoisotopic (exact) mass is 411 g/mol. The van der Waals surface area contributed by atoms with Crippen molar-refractivity contribution in [3.05, 3.63) is 65.2 Å². The van der Waals surface area contributed by atoms with Gasteiger partial charge in [0.2, 0.25) is 0 Å². The van der Waals surface area contributed by atoms with Gasteiger partial charge in [-0.1, -0.05) is 49.3 Å². The molecule has 5 nitrogen and oxygen atoms in total. The second kappa shape index (κ2) is 7.97. The average molecular weight is 412 g/mol. The van der Waals surface area contributed by atoms with Gasteiger partial charge in [0, 0.05) is 16.0 Å². The summed E-state index contributed by atoms with van der Waals surface area (Å²) in [5.41, 5.74) is 3.10. The van der Waals surface area contributed by atoms with Gasteiger partial charge in [0.1, 0.15) is 5.82 Å². The smallest absolute Gasteiger partial charge is 0.196 e. The third-order valence-corrected chi connectivity index (χ3v) is 6.27. The fraction of sp³-hybridized carbons (Fsp3) is 0.286. The Morgan fingerprint density at radius 3 is 2.57 bits per heavy atom. The summed E-state index contributed by atoms with van der Waals surface area (Å²) in [6, 6.07) is 16.0. The molecule has 144 valence electrons. The van der Waals surface area contributed by atoms with Crippen LogP contribution in [0.15, 0.2) is 53.7 Å². The number of rotatable bonds is 6. The number of para-hydroxylation sites is 2. The van der Waals surface area contributed by atoms with Crippen molar-refractivity contribution in [2.75, 3.05) is 0 Å². The maximum absolute atomic E-state index is 6.10. The molecule has 0 aliphatic heterocycles. The molecule has 0 bridgehead atoms. The average Bonchev–Trinajstić information content (AvgIpc) is 3.23. The molecule has 2 aromatic carbocycles. The Kier molecular flexibility index (Phi) is 5.42. The van der Waals surface area contributed by atoms with E-state index in [0.29, 0.717) is 16.8 Å². The van der Waals surface area contributed by atoms with E-state index in [4.69, 9.17) is 11.6 Å². The predicted molar refractivity (Wildman–Crippen MR) is 116 cm³/mol. The molecule has 0 amide bonds. The van der Waals surface area contributed by atoms with Gasteiger partial charge in [0.15, 0.2) is 11.0 Å². The van der Waals surface area contributed by atoms with Crippen molar-refractivity contribution >= 4 is 34.4 Å². The highest BCUT2D eigenvalue weighted by Gasteiger charge is 2.18. The predicted octanol–water partition coefficient (Wildman–Crippen LogP) is 5.52. The zero-order valence-electron chi connectivity index (χ0n) is 16.1. The first-order valence-corrected chi connectivity index (χ1v) is 10.6. The molecular formula is C21H22ClN5S. The van der Waals surface area contributed by atoms with Gasteiger partial charge in [0.25, 0.3) is 0 Å². The maximum Gasteiger partial charge on any atom is 0.196 e. The first kappa shape index (κ1) is 19.0. The Bertz CT molecular complexity index is 1100. The number of aromatic nitrogens is 5. The van der Waals surface area contributed by atoms with Crippen molar-refractivity contribution in [3.63, 3.8) is 0 Å². The molecular weight excluding hydrogens is 390 g/mol. The van der Waals surface area contributed by atoms with Crippen molar-refractivity contribution < 1.29 is 0 Å². The summed E-state index contributed by atoms with van der Waals surface area (Å²) in [6.07, 6.45) is 1.07. The Labute approximate surface area is 173 Å². The van der Waals surface area contributed by atoms with Gasteiger partial charge < -0.3 is 4.57 Å². The highest BCUT2D eigenvalue weighted by Crippen LogP contribution is 2.28. The van der Waals surface area contributed by atoms with Crippen LogP contribution in [0.2, 0.25) is 5.02 Å². The van der Waals surface area contributed by atoms with Crippen LogP contribution in [0.1, 0.15) is 31.9 Å². The first-order chi connectivity index (χ1) is 13.6. The van der Waals surface area contributed by atoms with E-state index in [1.165, 1.54) is 0 Å². The number of imidazole rings is 1. The maximum atomic E-state index is 6.10. The minimum Gasteiger partial charge on any atom is -0.320 e. The molecule has 7 heteroatoms. The van der Waals surface area contributed by atoms with E-state index in [9.17, 15) is 0 Å². The lowest BCUT2D eigenvalue weighted by Gasteiger charge is -2.13. The third-order valence-electron chi connectivity index (χ3n) is 4.81. The standard InChI is InChI=1S/C21H22ClN5S/c1-4-14(2)28-21-25-24-20(27(21)17-11-9-16(22)10-12-17)13-26-15(3)23-18-7-5-6-8-19(18)26/h5-12,14H,4,13H2,1-3H3. The molecule has 0 saturated heterocycles. The fourth-order valence-corrected chi connectivity index (χ4v) is 4.19. The molecule has 4 rings (SSSR count). The number of hydrogen-bond acceptors (Lipinski definition) is 4. The van der Waals surface area contributed by atoms with Crippen molar-refractivity contribution in [1.82, 2.24) is 24.3 Å². The van der Waals surface area contributed by atoms with Crippen LogP contribution in [-0.4, -0.2) is 29.6 Å². The molecule has 0 aliphatic carbocycles. The summed E-state index contributed by atoms with van der Waals surface area (Å²) in [5.74, 6) is 1.84. The van der Waals surface area contributed by atoms with Gasteiger partial charge in [-0.3, -0.25) is 4.57 Å². The zero-order valence-corrected chi connectivity index (χ0v) is 17.7. The van der Waals surface area contributed by atoms with E-state index in [-0.39, 0.29) is 0 Å². The largest absolute Gasteiger partial charge is 0.320 e. The molecule has 1 atom stereocenters. The van der Waals surface area contributed by atoms with Crippen LogP contribution < -0.4 is 0 Å². The number of nitrogens with zero attached hydrogens (tertiary/aromatic N) is 5. The summed E-state index contributed by atoms with van der Waals surface area (Å²) < 4.78 is 4.31. The molecule has 0 N–H and O–H groups in total. The molecule has 1 unspecified atom stereocenters. The van der Waals surface area contributed by atoms with E-state index >= 15 is 0 Å². The number of aryl methyl sites for hydroxylation is 1. The SMILES string of the molecule is CCC(C)Sc1nnc(Cn2c(C)nc3ccccc32)n1-c1ccc(Cl)cc1. The zero-order chi connectivity index (χ0) is 19.7. The topological polar surface area (TPSA) is 48.5 Å². The van der Waals surface area contributed by atoms with Crippen LogP contribution in [0.4, 0.5) is 0 Å². The van der Waals surface area contributed by atoms with Crippen LogP contribution in [0.25, 0.3) is 16.7 Å². The van der Waals surface area contributed by atoms with Crippen molar-refractivity contribution in [2.24, 2.45) is 0 Å². The Morgan fingerprint density at radius 1 is 1.07 bits per heavy atom. The first-order valence-electron chi connectivity index (χ1n) is 9.35. The summed E-state index contributed by atoms with van der Waals surface area (Å²) in [6.45, 7) is 7.02. The van der Waals surface area contributed by atoms with E-state index in [2.05, 4.69) is 44.2 Å². The Morgan fingerprint density at radius 2 is 1.82 bits per heavy atom. The van der Waals surface area contributed by atoms with Gasteiger partial charge in [-0.25, -0.2) is 4.98 Å². The van der Waals surface area contributed by atoms with Crippen LogP contribution in [0.5, 0.6) is 0 Å². The van der Waals surface area contributed by atoms with Crippen molar-refractivity contribution in [1.29, 1.82) is 0 Å². The summed E-state index contributed by atoms with van der Waals surface area (Å²) in [5, 5.41) is 11.1. The van der Waals surface area contributed by atoms with E-state index in [1.807, 2.05) is 49.4 Å². The number of halogens is 1. The molecule has 0 spiro atoms. The van der Waals surface area contributed by atoms with E-state index < -0.39 is 0 Å². The van der Waals surface area contributed by atoms with E-state index in [1.54, 1.807) is 11.8 Å². The van der Waals surface area contributed by atoms with Crippen molar-refractivity contribution in [3.8, 4) is 5.69 Å². The summed E-state index contributed by atoms with van der Waals surface area (Å²) in [7, 11) is 0. The van der Waals surface area contributed by atoms with Crippen LogP contribution in [0.3, 0.4) is 0 Å². The lowest BCUT2D eigenvalue weighted by molar-refractivity contribution is 0.710. The third kappa shape index (κ3) is 3.66.